The minimum Gasteiger partial charge on any atom is -0.478 e. The van der Waals surface area contributed by atoms with Gasteiger partial charge in [-0.2, -0.15) is 4.98 Å². The average Bonchev–Trinajstić information content (AvgIpc) is 2.78. The van der Waals surface area contributed by atoms with Gasteiger partial charge in [-0.25, -0.2) is 9.97 Å². The normalized spacial score (nSPS) is 10.9. The highest BCUT2D eigenvalue weighted by Crippen LogP contribution is 2.19. The molecule has 0 spiro atoms. The summed E-state index contributed by atoms with van der Waals surface area (Å²) in [6.45, 7) is 5.90. The first-order chi connectivity index (χ1) is 14.8. The van der Waals surface area contributed by atoms with E-state index in [0.29, 0.717) is 24.2 Å². The van der Waals surface area contributed by atoms with E-state index in [-0.39, 0.29) is 0 Å². The van der Waals surface area contributed by atoms with E-state index in [1.165, 1.54) is 64.2 Å². The second kappa shape index (κ2) is 15.6. The minimum atomic E-state index is 0.622. The highest BCUT2D eigenvalue weighted by Gasteiger charge is 2.05. The van der Waals surface area contributed by atoms with E-state index in [1.54, 1.807) is 12.4 Å². The number of aromatic nitrogens is 3. The van der Waals surface area contributed by atoms with E-state index < -0.39 is 0 Å². The van der Waals surface area contributed by atoms with Crippen molar-refractivity contribution >= 4 is 0 Å². The molecular formula is C25H39N3O2. The molecule has 0 fully saturated rings. The van der Waals surface area contributed by atoms with Gasteiger partial charge in [-0.3, -0.25) is 0 Å². The van der Waals surface area contributed by atoms with Crippen LogP contribution in [0, 0.1) is 0 Å². The summed E-state index contributed by atoms with van der Waals surface area (Å²) in [5.41, 5.74) is 0.868. The number of ether oxygens (including phenoxy) is 2. The van der Waals surface area contributed by atoms with Crippen LogP contribution in [-0.2, 0) is 0 Å². The fraction of sp³-hybridized carbons (Fsp3) is 0.640. The highest BCUT2D eigenvalue weighted by molar-refractivity contribution is 5.54. The molecule has 0 atom stereocenters. The maximum Gasteiger partial charge on any atom is 0.216 e. The van der Waals surface area contributed by atoms with Gasteiger partial charge in [0.2, 0.25) is 11.8 Å². The Bertz CT molecular complexity index is 676. The third kappa shape index (κ3) is 10.0. The van der Waals surface area contributed by atoms with E-state index in [1.807, 2.05) is 18.2 Å². The molecule has 166 valence electrons. The lowest BCUT2D eigenvalue weighted by molar-refractivity contribution is 0.293. The lowest BCUT2D eigenvalue weighted by Gasteiger charge is -2.08. The SMILES string of the molecule is CCCCCCCCOc1ccc(-c2nccc(OCCCCCCCC)n2)cn1. The zero-order valence-electron chi connectivity index (χ0n) is 18.9. The van der Waals surface area contributed by atoms with Crippen LogP contribution in [0.15, 0.2) is 30.6 Å². The molecule has 0 aromatic carbocycles. The second-order valence-electron chi connectivity index (χ2n) is 7.84. The first-order valence-electron chi connectivity index (χ1n) is 11.9. The Morgan fingerprint density at radius 3 is 1.83 bits per heavy atom. The van der Waals surface area contributed by atoms with Crippen molar-refractivity contribution in [3.8, 4) is 23.1 Å². The van der Waals surface area contributed by atoms with E-state index in [9.17, 15) is 0 Å². The molecule has 2 aromatic rings. The largest absolute Gasteiger partial charge is 0.478 e. The van der Waals surface area contributed by atoms with E-state index in [2.05, 4.69) is 28.8 Å². The summed E-state index contributed by atoms with van der Waals surface area (Å²) in [7, 11) is 0. The smallest absolute Gasteiger partial charge is 0.216 e. The molecule has 2 heterocycles. The highest BCUT2D eigenvalue weighted by atomic mass is 16.5. The molecule has 0 N–H and O–H groups in total. The maximum atomic E-state index is 5.80. The number of rotatable bonds is 17. The summed E-state index contributed by atoms with van der Waals surface area (Å²) in [5, 5.41) is 0. The molecule has 0 aliphatic carbocycles. The van der Waals surface area contributed by atoms with Crippen LogP contribution in [0.4, 0.5) is 0 Å². The van der Waals surface area contributed by atoms with Gasteiger partial charge in [0.1, 0.15) is 0 Å². The number of nitrogens with zero attached hydrogens (tertiary/aromatic N) is 3. The summed E-state index contributed by atoms with van der Waals surface area (Å²) in [6.07, 6.45) is 18.5. The molecule has 0 bridgehead atoms. The molecule has 5 heteroatoms. The van der Waals surface area contributed by atoms with Crippen molar-refractivity contribution in [2.24, 2.45) is 0 Å². The van der Waals surface area contributed by atoms with Crippen LogP contribution in [0.1, 0.15) is 90.9 Å². The van der Waals surface area contributed by atoms with Gasteiger partial charge in [-0.1, -0.05) is 78.1 Å². The van der Waals surface area contributed by atoms with Gasteiger partial charge in [0.25, 0.3) is 0 Å². The predicted octanol–water partition coefficient (Wildman–Crippen LogP) is 7.02. The van der Waals surface area contributed by atoms with Crippen molar-refractivity contribution in [3.05, 3.63) is 30.6 Å². The third-order valence-corrected chi connectivity index (χ3v) is 5.12. The van der Waals surface area contributed by atoms with Crippen molar-refractivity contribution < 1.29 is 9.47 Å². The fourth-order valence-corrected chi connectivity index (χ4v) is 3.28. The molecule has 0 saturated carbocycles. The summed E-state index contributed by atoms with van der Waals surface area (Å²) in [6, 6.07) is 5.65. The van der Waals surface area contributed by atoms with Crippen molar-refractivity contribution in [1.29, 1.82) is 0 Å². The van der Waals surface area contributed by atoms with Crippen LogP contribution >= 0.6 is 0 Å². The molecule has 30 heavy (non-hydrogen) atoms. The van der Waals surface area contributed by atoms with Gasteiger partial charge in [0.05, 0.1) is 13.2 Å². The topological polar surface area (TPSA) is 57.1 Å². The summed E-state index contributed by atoms with van der Waals surface area (Å²) in [4.78, 5) is 13.3. The Morgan fingerprint density at radius 2 is 1.23 bits per heavy atom. The number of hydrogen-bond donors (Lipinski definition) is 0. The van der Waals surface area contributed by atoms with Crippen LogP contribution in [0.5, 0.6) is 11.8 Å². The van der Waals surface area contributed by atoms with Crippen LogP contribution in [0.25, 0.3) is 11.4 Å². The van der Waals surface area contributed by atoms with Crippen LogP contribution in [0.2, 0.25) is 0 Å². The minimum absolute atomic E-state index is 0.622. The van der Waals surface area contributed by atoms with Crippen LogP contribution < -0.4 is 9.47 Å². The van der Waals surface area contributed by atoms with E-state index >= 15 is 0 Å². The molecular weight excluding hydrogens is 374 g/mol. The molecule has 5 nitrogen and oxygen atoms in total. The van der Waals surface area contributed by atoms with Crippen molar-refractivity contribution in [2.75, 3.05) is 13.2 Å². The fourth-order valence-electron chi connectivity index (χ4n) is 3.28. The molecule has 0 amide bonds. The first kappa shape index (κ1) is 24.1. The van der Waals surface area contributed by atoms with E-state index in [0.717, 1.165) is 25.0 Å². The van der Waals surface area contributed by atoms with Crippen LogP contribution in [0.3, 0.4) is 0 Å². The average molecular weight is 414 g/mol. The summed E-state index contributed by atoms with van der Waals surface area (Å²) < 4.78 is 11.6. The zero-order chi connectivity index (χ0) is 21.3. The second-order valence-corrected chi connectivity index (χ2v) is 7.84. The number of unbranched alkanes of at least 4 members (excludes halogenated alkanes) is 10. The quantitative estimate of drug-likeness (QED) is 0.261. The van der Waals surface area contributed by atoms with Gasteiger partial charge in [0.15, 0.2) is 5.82 Å². The molecule has 2 rings (SSSR count). The summed E-state index contributed by atoms with van der Waals surface area (Å²) in [5.74, 6) is 1.91. The Labute approximate surface area is 182 Å². The van der Waals surface area contributed by atoms with Gasteiger partial charge >= 0.3 is 0 Å². The molecule has 0 aliphatic heterocycles. The Balaban J connectivity index is 1.70. The molecule has 0 saturated heterocycles. The maximum absolute atomic E-state index is 5.80. The Hall–Kier alpha value is -2.17. The molecule has 2 aromatic heterocycles. The van der Waals surface area contributed by atoms with Crippen molar-refractivity contribution in [3.63, 3.8) is 0 Å². The predicted molar refractivity (Wildman–Crippen MR) is 123 cm³/mol. The lowest BCUT2D eigenvalue weighted by Crippen LogP contribution is -2.01. The molecule has 0 radical (unpaired) electrons. The lowest BCUT2D eigenvalue weighted by atomic mass is 10.1. The number of pyridine rings is 1. The first-order valence-corrected chi connectivity index (χ1v) is 11.9. The van der Waals surface area contributed by atoms with Gasteiger partial charge in [-0.15, -0.1) is 0 Å². The standard InChI is InChI=1S/C25H39N3O2/c1-3-5-7-9-11-13-19-29-23-16-15-22(21-27-23)25-26-18-17-24(28-25)30-20-14-12-10-8-6-4-2/h15-18,21H,3-14,19-20H2,1-2H3. The van der Waals surface area contributed by atoms with Gasteiger partial charge < -0.3 is 9.47 Å². The zero-order valence-corrected chi connectivity index (χ0v) is 18.9. The van der Waals surface area contributed by atoms with Gasteiger partial charge in [0, 0.05) is 30.1 Å². The summed E-state index contributed by atoms with van der Waals surface area (Å²) >= 11 is 0. The number of hydrogen-bond acceptors (Lipinski definition) is 5. The Morgan fingerprint density at radius 1 is 0.633 bits per heavy atom. The monoisotopic (exact) mass is 413 g/mol. The Kier molecular flexibility index (Phi) is 12.6. The van der Waals surface area contributed by atoms with Crippen molar-refractivity contribution in [2.45, 2.75) is 90.9 Å². The third-order valence-electron chi connectivity index (χ3n) is 5.12. The van der Waals surface area contributed by atoms with E-state index in [4.69, 9.17) is 9.47 Å². The van der Waals surface area contributed by atoms with Gasteiger partial charge in [-0.05, 0) is 18.9 Å². The van der Waals surface area contributed by atoms with Crippen molar-refractivity contribution in [1.82, 2.24) is 15.0 Å². The molecule has 0 aliphatic rings. The van der Waals surface area contributed by atoms with Crippen LogP contribution in [-0.4, -0.2) is 28.2 Å². The molecule has 0 unspecified atom stereocenters.